The fourth-order valence-corrected chi connectivity index (χ4v) is 3.69. The lowest BCUT2D eigenvalue weighted by atomic mass is 9.90. The zero-order chi connectivity index (χ0) is 20.1. The second kappa shape index (κ2) is 10.1. The highest BCUT2D eigenvalue weighted by atomic mass is 16.6. The van der Waals surface area contributed by atoms with Gasteiger partial charge in [-0.3, -0.25) is 9.59 Å². The van der Waals surface area contributed by atoms with E-state index in [0.717, 1.165) is 12.8 Å². The summed E-state index contributed by atoms with van der Waals surface area (Å²) < 4.78 is 11.4. The molecule has 0 amide bonds. The molecule has 2 aliphatic heterocycles. The van der Waals surface area contributed by atoms with Gasteiger partial charge in [-0.15, -0.1) is 0 Å². The Balaban J connectivity index is 1.82. The minimum atomic E-state index is -1.03. The summed E-state index contributed by atoms with van der Waals surface area (Å²) in [6.45, 7) is 5.61. The number of aliphatic hydroxyl groups is 3. The normalized spacial score (nSPS) is 35.5. The number of ether oxygens (including phenoxy) is 2. The second-order valence-electron chi connectivity index (χ2n) is 8.13. The number of epoxide rings is 1. The van der Waals surface area contributed by atoms with Crippen LogP contribution in [0.1, 0.15) is 65.7 Å². The van der Waals surface area contributed by atoms with Crippen LogP contribution in [0, 0.1) is 5.92 Å². The molecule has 0 aromatic heterocycles. The first-order chi connectivity index (χ1) is 12.7. The fourth-order valence-electron chi connectivity index (χ4n) is 3.69. The van der Waals surface area contributed by atoms with Crippen molar-refractivity contribution in [3.05, 3.63) is 0 Å². The van der Waals surface area contributed by atoms with Gasteiger partial charge < -0.3 is 24.8 Å². The third-order valence-electron chi connectivity index (χ3n) is 5.67. The molecule has 0 radical (unpaired) electrons. The summed E-state index contributed by atoms with van der Waals surface area (Å²) in [5.41, 5.74) is 0. The highest BCUT2D eigenvalue weighted by Crippen LogP contribution is 2.37. The van der Waals surface area contributed by atoms with Gasteiger partial charge in [-0.1, -0.05) is 20.3 Å². The third kappa shape index (κ3) is 6.61. The quantitative estimate of drug-likeness (QED) is 0.360. The lowest BCUT2D eigenvalue weighted by Crippen LogP contribution is -2.49. The van der Waals surface area contributed by atoms with Crippen LogP contribution in [-0.4, -0.2) is 69.6 Å². The van der Waals surface area contributed by atoms with Crippen LogP contribution in [0.2, 0.25) is 0 Å². The van der Waals surface area contributed by atoms with Crippen LogP contribution in [0.5, 0.6) is 0 Å². The Labute approximate surface area is 161 Å². The average molecular weight is 386 g/mol. The SMILES string of the molecule is CCCCC(=O)CC(=O)C[C@@H]1C[C@@H](O)[C@@H](O)[C@H](C[C@@H]2O[C@H]2[C@@H](C)[C@H](C)O)O1. The highest BCUT2D eigenvalue weighted by Gasteiger charge is 2.48. The minimum Gasteiger partial charge on any atom is -0.393 e. The van der Waals surface area contributed by atoms with Crippen LogP contribution in [-0.2, 0) is 19.1 Å². The van der Waals surface area contributed by atoms with Crippen molar-refractivity contribution in [3.63, 3.8) is 0 Å². The molecule has 0 aromatic carbocycles. The van der Waals surface area contributed by atoms with Gasteiger partial charge in [-0.05, 0) is 13.3 Å². The van der Waals surface area contributed by atoms with Crippen molar-refractivity contribution in [1.29, 1.82) is 0 Å². The topological polar surface area (TPSA) is 117 Å². The summed E-state index contributed by atoms with van der Waals surface area (Å²) >= 11 is 0. The predicted molar refractivity (Wildman–Crippen MR) is 98.2 cm³/mol. The molecule has 7 heteroatoms. The van der Waals surface area contributed by atoms with E-state index in [4.69, 9.17) is 9.47 Å². The molecule has 2 heterocycles. The zero-order valence-electron chi connectivity index (χ0n) is 16.5. The minimum absolute atomic E-state index is 0.0211. The first kappa shape index (κ1) is 22.4. The van der Waals surface area contributed by atoms with E-state index in [-0.39, 0.29) is 49.0 Å². The zero-order valence-corrected chi connectivity index (χ0v) is 16.5. The van der Waals surface area contributed by atoms with E-state index in [1.165, 1.54) is 0 Å². The molecule has 2 rings (SSSR count). The van der Waals surface area contributed by atoms with Crippen molar-refractivity contribution in [3.8, 4) is 0 Å². The van der Waals surface area contributed by atoms with Gasteiger partial charge in [-0.2, -0.15) is 0 Å². The van der Waals surface area contributed by atoms with Gasteiger partial charge in [0.05, 0.1) is 43.0 Å². The van der Waals surface area contributed by atoms with Crippen molar-refractivity contribution in [2.45, 2.75) is 108 Å². The van der Waals surface area contributed by atoms with E-state index in [1.54, 1.807) is 6.92 Å². The van der Waals surface area contributed by atoms with E-state index in [9.17, 15) is 24.9 Å². The van der Waals surface area contributed by atoms with Gasteiger partial charge in [0, 0.05) is 31.6 Å². The molecule has 0 bridgehead atoms. The maximum absolute atomic E-state index is 12.1. The summed E-state index contributed by atoms with van der Waals surface area (Å²) in [5.74, 6) is -0.269. The number of carbonyl (C=O) groups is 2. The van der Waals surface area contributed by atoms with Gasteiger partial charge in [0.1, 0.15) is 17.7 Å². The highest BCUT2D eigenvalue weighted by molar-refractivity contribution is 5.99. The number of rotatable bonds is 11. The first-order valence-corrected chi connectivity index (χ1v) is 10.1. The number of Topliss-reactive ketones (excluding diaryl/α,β-unsaturated/α-hetero) is 2. The van der Waals surface area contributed by atoms with Crippen LogP contribution in [0.4, 0.5) is 0 Å². The summed E-state index contributed by atoms with van der Waals surface area (Å²) in [4.78, 5) is 23.9. The molecule has 0 aliphatic carbocycles. The summed E-state index contributed by atoms with van der Waals surface area (Å²) in [6, 6.07) is 0. The Morgan fingerprint density at radius 3 is 2.44 bits per heavy atom. The maximum Gasteiger partial charge on any atom is 0.142 e. The Kier molecular flexibility index (Phi) is 8.37. The van der Waals surface area contributed by atoms with Crippen LogP contribution in [0.25, 0.3) is 0 Å². The van der Waals surface area contributed by atoms with E-state index >= 15 is 0 Å². The Morgan fingerprint density at radius 2 is 1.81 bits per heavy atom. The van der Waals surface area contributed by atoms with E-state index in [1.807, 2.05) is 13.8 Å². The standard InChI is InChI=1S/C20H34O7/c1-4-5-6-13(22)7-14(23)8-15-9-16(24)19(25)17(26-15)10-18-20(27-18)11(2)12(3)21/h11-12,15-21,24-25H,4-10H2,1-3H3/t11-,12-,15+,16+,17-,18-,19+,20-/m0/s1. The molecule has 156 valence electrons. The summed E-state index contributed by atoms with van der Waals surface area (Å²) in [6.07, 6.45) is -1.18. The predicted octanol–water partition coefficient (Wildman–Crippen LogP) is 1.15. The van der Waals surface area contributed by atoms with Crippen LogP contribution in [0.15, 0.2) is 0 Å². The molecule has 0 spiro atoms. The molecular formula is C20H34O7. The van der Waals surface area contributed by atoms with Crippen molar-refractivity contribution in [2.75, 3.05) is 0 Å². The van der Waals surface area contributed by atoms with Crippen molar-refractivity contribution in [1.82, 2.24) is 0 Å². The van der Waals surface area contributed by atoms with Crippen LogP contribution in [0.3, 0.4) is 0 Å². The molecule has 0 saturated carbocycles. The Morgan fingerprint density at radius 1 is 1.11 bits per heavy atom. The largest absolute Gasteiger partial charge is 0.393 e. The Hall–Kier alpha value is -0.860. The molecule has 3 N–H and O–H groups in total. The number of hydrogen-bond donors (Lipinski definition) is 3. The van der Waals surface area contributed by atoms with Gasteiger partial charge in [0.25, 0.3) is 0 Å². The molecule has 0 aromatic rings. The number of carbonyl (C=O) groups excluding carboxylic acids is 2. The average Bonchev–Trinajstić information content (AvgIpc) is 3.35. The number of unbranched alkanes of at least 4 members (excludes halogenated alkanes) is 1. The second-order valence-corrected chi connectivity index (χ2v) is 8.13. The molecule has 8 atom stereocenters. The van der Waals surface area contributed by atoms with Crippen LogP contribution >= 0.6 is 0 Å². The van der Waals surface area contributed by atoms with Gasteiger partial charge in [0.15, 0.2) is 0 Å². The maximum atomic E-state index is 12.1. The van der Waals surface area contributed by atoms with Crippen molar-refractivity contribution < 1.29 is 34.4 Å². The number of aliphatic hydroxyl groups excluding tert-OH is 3. The molecule has 2 fully saturated rings. The molecule has 2 aliphatic rings. The molecular weight excluding hydrogens is 352 g/mol. The van der Waals surface area contributed by atoms with E-state index < -0.39 is 30.5 Å². The van der Waals surface area contributed by atoms with Crippen molar-refractivity contribution in [2.24, 2.45) is 5.92 Å². The van der Waals surface area contributed by atoms with Gasteiger partial charge in [0.2, 0.25) is 0 Å². The van der Waals surface area contributed by atoms with Gasteiger partial charge in [-0.25, -0.2) is 0 Å². The van der Waals surface area contributed by atoms with Crippen LogP contribution < -0.4 is 0 Å². The number of ketones is 2. The van der Waals surface area contributed by atoms with Gasteiger partial charge >= 0.3 is 0 Å². The molecule has 7 nitrogen and oxygen atoms in total. The lowest BCUT2D eigenvalue weighted by molar-refractivity contribution is -0.174. The number of hydrogen-bond acceptors (Lipinski definition) is 7. The summed E-state index contributed by atoms with van der Waals surface area (Å²) in [5, 5.41) is 30.0. The summed E-state index contributed by atoms with van der Waals surface area (Å²) in [7, 11) is 0. The first-order valence-electron chi connectivity index (χ1n) is 10.1. The molecule has 27 heavy (non-hydrogen) atoms. The lowest BCUT2D eigenvalue weighted by Gasteiger charge is -2.37. The van der Waals surface area contributed by atoms with Crippen molar-refractivity contribution >= 4 is 11.6 Å². The molecule has 2 saturated heterocycles. The van der Waals surface area contributed by atoms with E-state index in [0.29, 0.717) is 12.8 Å². The Bertz CT molecular complexity index is 507. The third-order valence-corrected chi connectivity index (χ3v) is 5.67. The smallest absolute Gasteiger partial charge is 0.142 e. The monoisotopic (exact) mass is 386 g/mol. The molecule has 0 unspecified atom stereocenters. The fraction of sp³-hybridized carbons (Fsp3) is 0.900. The van der Waals surface area contributed by atoms with E-state index in [2.05, 4.69) is 0 Å².